The van der Waals surface area contributed by atoms with Crippen molar-refractivity contribution in [3.05, 3.63) is 69.7 Å². The van der Waals surface area contributed by atoms with Crippen molar-refractivity contribution in [1.82, 2.24) is 5.32 Å². The number of Topliss-reactive ketones (excluding diaryl/α,β-unsaturated/α-hetero) is 1. The lowest BCUT2D eigenvalue weighted by atomic mass is 9.77. The van der Waals surface area contributed by atoms with E-state index < -0.39 is 5.41 Å². The largest absolute Gasteiger partial charge is 0.385 e. The Hall–Kier alpha value is -1.88. The minimum Gasteiger partial charge on any atom is -0.385 e. The van der Waals surface area contributed by atoms with E-state index in [0.717, 1.165) is 49.3 Å². The van der Waals surface area contributed by atoms with Gasteiger partial charge in [-0.1, -0.05) is 133 Å². The van der Waals surface area contributed by atoms with Gasteiger partial charge < -0.3 is 14.8 Å². The number of amides is 1. The number of nitrogens with one attached hydrogen (secondary N) is 1. The van der Waals surface area contributed by atoms with Crippen LogP contribution in [0.3, 0.4) is 0 Å². The number of halogens is 2. The summed E-state index contributed by atoms with van der Waals surface area (Å²) in [5.74, 6) is 1.15. The topological polar surface area (TPSA) is 55.4 Å². The molecule has 2 aromatic carbocycles. The molecular formula is C36H59Cl2NO3. The van der Waals surface area contributed by atoms with Gasteiger partial charge in [0.2, 0.25) is 5.91 Å². The summed E-state index contributed by atoms with van der Waals surface area (Å²) in [6.07, 6.45) is 9.11. The molecule has 0 aliphatic rings. The highest BCUT2D eigenvalue weighted by molar-refractivity contribution is 6.42. The van der Waals surface area contributed by atoms with Gasteiger partial charge in [0.15, 0.2) is 0 Å². The third-order valence-corrected chi connectivity index (χ3v) is 7.43. The summed E-state index contributed by atoms with van der Waals surface area (Å²) in [6, 6.07) is 15.5. The lowest BCUT2D eigenvalue weighted by Crippen LogP contribution is -2.43. The van der Waals surface area contributed by atoms with E-state index in [1.807, 2.05) is 49.4 Å². The van der Waals surface area contributed by atoms with Gasteiger partial charge in [-0.25, -0.2) is 0 Å². The fourth-order valence-electron chi connectivity index (χ4n) is 4.49. The number of ketones is 1. The molecule has 0 saturated carbocycles. The van der Waals surface area contributed by atoms with E-state index >= 15 is 0 Å². The van der Waals surface area contributed by atoms with Gasteiger partial charge in [0.25, 0.3) is 0 Å². The number of hydrogen-bond donors (Lipinski definition) is 1. The molecule has 1 N–H and O–H groups in total. The van der Waals surface area contributed by atoms with Crippen molar-refractivity contribution in [3.63, 3.8) is 0 Å². The second-order valence-corrected chi connectivity index (χ2v) is 12.0. The smallest absolute Gasteiger partial charge is 0.230 e. The average molecular weight is 625 g/mol. The van der Waals surface area contributed by atoms with E-state index in [-0.39, 0.29) is 17.7 Å². The Kier molecular flexibility index (Phi) is 25.8. The van der Waals surface area contributed by atoms with Crippen molar-refractivity contribution >= 4 is 34.9 Å². The van der Waals surface area contributed by atoms with Crippen LogP contribution in [0.4, 0.5) is 0 Å². The zero-order valence-electron chi connectivity index (χ0n) is 28.1. The van der Waals surface area contributed by atoms with Crippen LogP contribution in [0.2, 0.25) is 10.0 Å². The van der Waals surface area contributed by atoms with Crippen LogP contribution in [-0.2, 0) is 19.7 Å². The van der Waals surface area contributed by atoms with Crippen LogP contribution < -0.4 is 5.32 Å². The first-order valence-electron chi connectivity index (χ1n) is 15.7. The van der Waals surface area contributed by atoms with Crippen molar-refractivity contribution in [3.8, 4) is 0 Å². The van der Waals surface area contributed by atoms with Crippen LogP contribution in [0.5, 0.6) is 0 Å². The predicted molar refractivity (Wildman–Crippen MR) is 184 cm³/mol. The number of benzene rings is 2. The summed E-state index contributed by atoms with van der Waals surface area (Å²) in [4.78, 5) is 22.7. The molecule has 2 atom stereocenters. The first-order chi connectivity index (χ1) is 19.9. The molecule has 42 heavy (non-hydrogen) atoms. The highest BCUT2D eigenvalue weighted by Gasteiger charge is 2.35. The molecule has 0 saturated heterocycles. The Labute approximate surface area is 268 Å². The number of methoxy groups -OCH3 is 1. The lowest BCUT2D eigenvalue weighted by Gasteiger charge is -2.31. The van der Waals surface area contributed by atoms with Gasteiger partial charge in [-0.05, 0) is 69.2 Å². The molecule has 240 valence electrons. The van der Waals surface area contributed by atoms with Crippen LogP contribution in [0.1, 0.15) is 131 Å². The van der Waals surface area contributed by atoms with Gasteiger partial charge in [-0.2, -0.15) is 0 Å². The van der Waals surface area contributed by atoms with Crippen LogP contribution in [0.25, 0.3) is 0 Å². The van der Waals surface area contributed by atoms with Crippen molar-refractivity contribution in [1.29, 1.82) is 0 Å². The summed E-state index contributed by atoms with van der Waals surface area (Å²) in [7, 11) is 1.71. The van der Waals surface area contributed by atoms with Crippen molar-refractivity contribution in [2.75, 3.05) is 13.7 Å². The molecule has 0 heterocycles. The van der Waals surface area contributed by atoms with E-state index in [2.05, 4.69) is 46.9 Å². The molecular weight excluding hydrogens is 565 g/mol. The first kappa shape index (κ1) is 42.3. The molecule has 0 radical (unpaired) electrons. The van der Waals surface area contributed by atoms with Crippen molar-refractivity contribution < 1.29 is 14.3 Å². The Morgan fingerprint density at radius 1 is 0.857 bits per heavy atom. The number of rotatable bonds is 13. The van der Waals surface area contributed by atoms with Gasteiger partial charge in [0.05, 0.1) is 21.5 Å². The predicted octanol–water partition coefficient (Wildman–Crippen LogP) is 11.2. The molecule has 2 rings (SSSR count). The summed E-state index contributed by atoms with van der Waals surface area (Å²) in [6.45, 7) is 19.0. The van der Waals surface area contributed by atoms with Crippen LogP contribution in [0, 0.1) is 5.92 Å². The van der Waals surface area contributed by atoms with Gasteiger partial charge in [0.1, 0.15) is 5.78 Å². The normalized spacial score (nSPS) is 12.3. The number of hydrogen-bond acceptors (Lipinski definition) is 3. The quantitative estimate of drug-likeness (QED) is 0.241. The number of ether oxygens (including phenoxy) is 1. The lowest BCUT2D eigenvalue weighted by molar-refractivity contribution is -0.127. The highest BCUT2D eigenvalue weighted by atomic mass is 35.5. The Morgan fingerprint density at radius 3 is 1.79 bits per heavy atom. The summed E-state index contributed by atoms with van der Waals surface area (Å²) in [5, 5.41) is 4.20. The minimum absolute atomic E-state index is 0.00680. The summed E-state index contributed by atoms with van der Waals surface area (Å²) >= 11 is 12.2. The monoisotopic (exact) mass is 623 g/mol. The van der Waals surface area contributed by atoms with E-state index in [1.165, 1.54) is 39.5 Å². The fourth-order valence-corrected chi connectivity index (χ4v) is 4.78. The SMILES string of the molecule is CC(C)=O.CCCC(C)(C(=O)N[C@@H](CC)c1ccccc1)c1ccc(Cl)c(Cl)c1.CCCC(C)CCC.CCCOC. The second-order valence-electron chi connectivity index (χ2n) is 11.1. The molecule has 0 fully saturated rings. The van der Waals surface area contributed by atoms with Crippen molar-refractivity contribution in [2.45, 2.75) is 125 Å². The molecule has 4 nitrogen and oxygen atoms in total. The number of carbonyl (C=O) groups excluding carboxylic acids is 2. The van der Waals surface area contributed by atoms with Crippen LogP contribution in [-0.4, -0.2) is 25.4 Å². The van der Waals surface area contributed by atoms with Gasteiger partial charge >= 0.3 is 0 Å². The average Bonchev–Trinajstić information content (AvgIpc) is 2.94. The van der Waals surface area contributed by atoms with E-state index in [0.29, 0.717) is 10.0 Å². The molecule has 0 aliphatic heterocycles. The molecule has 2 aromatic rings. The zero-order chi connectivity index (χ0) is 32.6. The molecule has 0 spiro atoms. The Morgan fingerprint density at radius 2 is 1.40 bits per heavy atom. The third-order valence-electron chi connectivity index (χ3n) is 6.69. The highest BCUT2D eigenvalue weighted by Crippen LogP contribution is 2.34. The Balaban J connectivity index is 0. The third kappa shape index (κ3) is 18.6. The van der Waals surface area contributed by atoms with Gasteiger partial charge in [-0.3, -0.25) is 4.79 Å². The van der Waals surface area contributed by atoms with E-state index in [4.69, 9.17) is 27.9 Å². The Bertz CT molecular complexity index is 955. The maximum Gasteiger partial charge on any atom is 0.230 e. The van der Waals surface area contributed by atoms with Crippen LogP contribution in [0.15, 0.2) is 48.5 Å². The van der Waals surface area contributed by atoms with E-state index in [9.17, 15) is 9.59 Å². The molecule has 0 bridgehead atoms. The second kappa shape index (κ2) is 25.6. The molecule has 1 unspecified atom stereocenters. The molecule has 0 aliphatic carbocycles. The summed E-state index contributed by atoms with van der Waals surface area (Å²) in [5.41, 5.74) is 1.36. The minimum atomic E-state index is -0.648. The summed E-state index contributed by atoms with van der Waals surface area (Å²) < 4.78 is 4.69. The molecule has 0 aromatic heterocycles. The maximum absolute atomic E-state index is 13.2. The molecule has 6 heteroatoms. The number of carbonyl (C=O) groups is 2. The first-order valence-corrected chi connectivity index (χ1v) is 16.4. The fraction of sp³-hybridized carbons (Fsp3) is 0.611. The maximum atomic E-state index is 13.2. The van der Waals surface area contributed by atoms with Gasteiger partial charge in [0, 0.05) is 13.7 Å². The van der Waals surface area contributed by atoms with E-state index in [1.54, 1.807) is 13.2 Å². The van der Waals surface area contributed by atoms with Crippen LogP contribution >= 0.6 is 23.2 Å². The standard InChI is InChI=1S/C21H25Cl2NO.C8H18.C4H10O.C3H6O/c1-4-13-21(3,16-11-12-17(22)18(23)14-16)20(25)24-19(5-2)15-9-7-6-8-10-15;1-4-6-8(3)7-5-2;1-3-4-5-2;1-3(2)4/h6-12,14,19H,4-5,13H2,1-3H3,(H,24,25);8H,4-7H2,1-3H3;3-4H2,1-2H3;1-2H3/t19-,21?;;;/m0.../s1. The van der Waals surface area contributed by atoms with Gasteiger partial charge in [-0.15, -0.1) is 0 Å². The van der Waals surface area contributed by atoms with Crippen molar-refractivity contribution in [2.24, 2.45) is 5.92 Å². The molecule has 1 amide bonds. The zero-order valence-corrected chi connectivity index (χ0v) is 29.6.